The molecule has 1 aromatic carbocycles. The molecule has 0 fully saturated rings. The lowest BCUT2D eigenvalue weighted by Crippen LogP contribution is -2.33. The summed E-state index contributed by atoms with van der Waals surface area (Å²) in [5.74, 6) is 1.03. The third-order valence-electron chi connectivity index (χ3n) is 6.03. The van der Waals surface area contributed by atoms with Gasteiger partial charge in [0.15, 0.2) is 5.82 Å². The van der Waals surface area contributed by atoms with E-state index in [0.29, 0.717) is 39.8 Å². The van der Waals surface area contributed by atoms with Gasteiger partial charge >= 0.3 is 0 Å². The lowest BCUT2D eigenvalue weighted by atomic mass is 10.1. The van der Waals surface area contributed by atoms with Gasteiger partial charge in [0, 0.05) is 31.3 Å². The number of pyridine rings is 2. The molecule has 0 unspecified atom stereocenters. The molecule has 0 bridgehead atoms. The van der Waals surface area contributed by atoms with E-state index in [4.69, 9.17) is 19.5 Å². The molecule has 1 N–H and O–H groups in total. The van der Waals surface area contributed by atoms with Gasteiger partial charge in [-0.1, -0.05) is 6.07 Å². The minimum Gasteiger partial charge on any atom is -0.494 e. The van der Waals surface area contributed by atoms with Crippen molar-refractivity contribution in [1.82, 2.24) is 24.7 Å². The zero-order valence-electron chi connectivity index (χ0n) is 22.0. The number of nitrogens with zero attached hydrogens (tertiary/aromatic N) is 6. The molecule has 3 aromatic heterocycles. The highest BCUT2D eigenvalue weighted by atomic mass is 32.2. The van der Waals surface area contributed by atoms with Crippen molar-refractivity contribution in [3.05, 3.63) is 71.8 Å². The summed E-state index contributed by atoms with van der Waals surface area (Å²) in [7, 11) is 0.247. The second-order valence-electron chi connectivity index (χ2n) is 8.54. The number of rotatable bonds is 10. The minimum absolute atomic E-state index is 0.0937. The number of para-hydroxylation sites is 1. The van der Waals surface area contributed by atoms with Crippen LogP contribution in [-0.4, -0.2) is 59.7 Å². The molecule has 0 aliphatic carbocycles. The first kappa shape index (κ1) is 27.5. The van der Waals surface area contributed by atoms with Gasteiger partial charge in [0.1, 0.15) is 34.6 Å². The topological polar surface area (TPSA) is 154 Å². The summed E-state index contributed by atoms with van der Waals surface area (Å²) < 4.78 is 48.1. The number of nitriles is 1. The van der Waals surface area contributed by atoms with Gasteiger partial charge < -0.3 is 14.2 Å². The van der Waals surface area contributed by atoms with Crippen LogP contribution in [0.2, 0.25) is 0 Å². The molecular weight excluding hydrogens is 522 g/mol. The van der Waals surface area contributed by atoms with Gasteiger partial charge in [0.2, 0.25) is 16.0 Å². The fraction of sp³-hybridized carbons (Fsp3) is 0.269. The van der Waals surface area contributed by atoms with Crippen molar-refractivity contribution in [2.45, 2.75) is 25.2 Å². The lowest BCUT2D eigenvalue weighted by molar-refractivity contribution is 0.0989. The molecule has 4 aromatic rings. The van der Waals surface area contributed by atoms with E-state index in [1.807, 2.05) is 19.1 Å². The van der Waals surface area contributed by atoms with Crippen molar-refractivity contribution in [2.75, 3.05) is 26.1 Å². The highest BCUT2D eigenvalue weighted by molar-refractivity contribution is 7.93. The average Bonchev–Trinajstić information content (AvgIpc) is 3.35. The number of aryl methyl sites for hydroxylation is 1. The van der Waals surface area contributed by atoms with E-state index in [9.17, 15) is 8.42 Å². The lowest BCUT2D eigenvalue weighted by Gasteiger charge is -2.23. The first-order valence-electron chi connectivity index (χ1n) is 11.7. The molecule has 39 heavy (non-hydrogen) atoms. The molecule has 202 valence electrons. The summed E-state index contributed by atoms with van der Waals surface area (Å²) in [5, 5.41) is 16.4. The first-order chi connectivity index (χ1) is 18.7. The maximum atomic E-state index is 13.7. The van der Waals surface area contributed by atoms with Crippen molar-refractivity contribution in [3.63, 3.8) is 0 Å². The van der Waals surface area contributed by atoms with Crippen LogP contribution in [0.3, 0.4) is 0 Å². The minimum atomic E-state index is -4.14. The largest absolute Gasteiger partial charge is 0.494 e. The van der Waals surface area contributed by atoms with Crippen LogP contribution >= 0.6 is 0 Å². The van der Waals surface area contributed by atoms with Crippen molar-refractivity contribution >= 4 is 16.0 Å². The number of sulfonamides is 1. The van der Waals surface area contributed by atoms with E-state index in [1.165, 1.54) is 39.0 Å². The summed E-state index contributed by atoms with van der Waals surface area (Å²) in [6.07, 6.45) is 3.73. The molecular formula is C26H27N7O5S. The maximum Gasteiger partial charge on any atom is 0.243 e. The van der Waals surface area contributed by atoms with Crippen molar-refractivity contribution in [1.29, 1.82) is 5.26 Å². The Morgan fingerprint density at radius 3 is 2.31 bits per heavy atom. The van der Waals surface area contributed by atoms with E-state index in [2.05, 4.69) is 24.9 Å². The Bertz CT molecular complexity index is 1590. The third-order valence-corrected chi connectivity index (χ3v) is 7.73. The second-order valence-corrected chi connectivity index (χ2v) is 10.6. The van der Waals surface area contributed by atoms with Gasteiger partial charge in [0.25, 0.3) is 0 Å². The predicted octanol–water partition coefficient (Wildman–Crippen LogP) is 3.44. The number of hydrogen-bond donors (Lipinski definition) is 1. The monoisotopic (exact) mass is 549 g/mol. The SMILES string of the molecule is COc1cccc(OC)c1-n1c(NS(=O)(=O)[C@H](C)[C@H](OC)c2ccc(C#N)cn2)nnc1-c1cncc(C)c1. The van der Waals surface area contributed by atoms with Crippen LogP contribution in [0.15, 0.2) is 55.0 Å². The molecule has 0 aliphatic rings. The third kappa shape index (κ3) is 5.52. The summed E-state index contributed by atoms with van der Waals surface area (Å²) in [4.78, 5) is 8.46. The van der Waals surface area contributed by atoms with Crippen LogP contribution in [0, 0.1) is 18.3 Å². The van der Waals surface area contributed by atoms with Gasteiger partial charge in [-0.05, 0) is 49.7 Å². The number of hydrogen-bond acceptors (Lipinski definition) is 10. The van der Waals surface area contributed by atoms with Crippen LogP contribution in [-0.2, 0) is 14.8 Å². The van der Waals surface area contributed by atoms with E-state index < -0.39 is 21.4 Å². The highest BCUT2D eigenvalue weighted by Crippen LogP contribution is 2.38. The van der Waals surface area contributed by atoms with Gasteiger partial charge in [0.05, 0.1) is 25.5 Å². The van der Waals surface area contributed by atoms with E-state index >= 15 is 0 Å². The normalized spacial score (nSPS) is 12.8. The fourth-order valence-corrected chi connectivity index (χ4v) is 5.20. The number of nitrogens with one attached hydrogen (secondary N) is 1. The fourth-order valence-electron chi connectivity index (χ4n) is 4.05. The number of anilines is 1. The standard InChI is InChI=1S/C26H27N7O5S/c1-16-11-19(15-28-13-16)25-30-31-26(33(25)23-21(36-3)7-6-8-22(23)37-4)32-39(34,35)17(2)24(38-5)20-10-9-18(12-27)14-29-20/h6-11,13-15,17,24H,1-5H3,(H,31,32)/t17-,24+/m1/s1. The molecule has 4 rings (SSSR count). The van der Waals surface area contributed by atoms with Gasteiger partial charge in [-0.15, -0.1) is 10.2 Å². The number of benzene rings is 1. The zero-order chi connectivity index (χ0) is 28.2. The summed E-state index contributed by atoms with van der Waals surface area (Å²) >= 11 is 0. The van der Waals surface area contributed by atoms with Gasteiger partial charge in [-0.25, -0.2) is 8.42 Å². The van der Waals surface area contributed by atoms with Crippen LogP contribution in [0.4, 0.5) is 5.95 Å². The number of methoxy groups -OCH3 is 3. The van der Waals surface area contributed by atoms with Crippen molar-refractivity contribution in [2.24, 2.45) is 0 Å². The molecule has 0 spiro atoms. The van der Waals surface area contributed by atoms with Crippen LogP contribution in [0.1, 0.15) is 29.8 Å². The highest BCUT2D eigenvalue weighted by Gasteiger charge is 2.34. The second kappa shape index (κ2) is 11.5. The van der Waals surface area contributed by atoms with Crippen molar-refractivity contribution in [3.8, 4) is 34.6 Å². The Kier molecular flexibility index (Phi) is 8.08. The molecule has 3 heterocycles. The Labute approximate surface area is 226 Å². The maximum absolute atomic E-state index is 13.7. The first-order valence-corrected chi connectivity index (χ1v) is 13.3. The van der Waals surface area contributed by atoms with E-state index in [-0.39, 0.29) is 5.95 Å². The molecule has 13 heteroatoms. The predicted molar refractivity (Wildman–Crippen MR) is 143 cm³/mol. The Morgan fingerprint density at radius 2 is 1.74 bits per heavy atom. The molecule has 0 amide bonds. The van der Waals surface area contributed by atoms with Crippen LogP contribution in [0.5, 0.6) is 11.5 Å². The summed E-state index contributed by atoms with van der Waals surface area (Å²) in [6.45, 7) is 3.38. The van der Waals surface area contributed by atoms with E-state index in [0.717, 1.165) is 5.56 Å². The average molecular weight is 550 g/mol. The molecule has 12 nitrogen and oxygen atoms in total. The van der Waals surface area contributed by atoms with Crippen LogP contribution in [0.25, 0.3) is 17.1 Å². The van der Waals surface area contributed by atoms with Gasteiger partial charge in [-0.2, -0.15) is 5.26 Å². The van der Waals surface area contributed by atoms with Gasteiger partial charge in [-0.3, -0.25) is 19.3 Å². The zero-order valence-corrected chi connectivity index (χ0v) is 22.8. The summed E-state index contributed by atoms with van der Waals surface area (Å²) in [5.41, 5.74) is 2.58. The number of ether oxygens (including phenoxy) is 3. The molecule has 2 atom stereocenters. The quantitative estimate of drug-likeness (QED) is 0.311. The Morgan fingerprint density at radius 1 is 1.03 bits per heavy atom. The Hall–Kier alpha value is -4.54. The molecule has 0 aliphatic heterocycles. The van der Waals surface area contributed by atoms with Crippen LogP contribution < -0.4 is 14.2 Å². The summed E-state index contributed by atoms with van der Waals surface area (Å²) in [6, 6.07) is 12.1. The van der Waals surface area contributed by atoms with Crippen molar-refractivity contribution < 1.29 is 22.6 Å². The molecule has 0 saturated carbocycles. The Balaban J connectivity index is 1.83. The van der Waals surface area contributed by atoms with E-state index in [1.54, 1.807) is 42.7 Å². The smallest absolute Gasteiger partial charge is 0.243 e. The molecule has 0 radical (unpaired) electrons. The number of aromatic nitrogens is 5. The molecule has 0 saturated heterocycles.